The maximum Gasteiger partial charge on any atom is 1.00 e. The van der Waals surface area contributed by atoms with Crippen molar-refractivity contribution >= 4 is 10.1 Å². The zero-order valence-electron chi connectivity index (χ0n) is 17.4. The molecule has 0 aromatic heterocycles. The Bertz CT molecular complexity index is 852. The van der Waals surface area contributed by atoms with Gasteiger partial charge in [0.15, 0.2) is 0 Å². The number of hydrogen-bond acceptors (Lipinski definition) is 4. The van der Waals surface area contributed by atoms with Gasteiger partial charge < -0.3 is 9.84 Å². The Morgan fingerprint density at radius 1 is 0.897 bits per heavy atom. The molecule has 2 rings (SSSR count). The van der Waals surface area contributed by atoms with Crippen molar-refractivity contribution in [3.8, 4) is 17.2 Å². The number of hydrogen-bond donors (Lipinski definition) is 1. The molecule has 29 heavy (non-hydrogen) atoms. The van der Waals surface area contributed by atoms with Gasteiger partial charge in [-0.05, 0) is 37.1 Å². The van der Waals surface area contributed by atoms with E-state index >= 15 is 0 Å². The maximum atomic E-state index is 12.3. The second kappa shape index (κ2) is 13.3. The zero-order chi connectivity index (χ0) is 20.4. The molecule has 0 bridgehead atoms. The van der Waals surface area contributed by atoms with Crippen LogP contribution in [0.15, 0.2) is 47.4 Å². The van der Waals surface area contributed by atoms with E-state index in [1.807, 2.05) is 0 Å². The summed E-state index contributed by atoms with van der Waals surface area (Å²) in [6, 6.07) is 10.4. The minimum atomic E-state index is -4.30. The summed E-state index contributed by atoms with van der Waals surface area (Å²) in [6.45, 7) is 2.22. The quantitative estimate of drug-likeness (QED) is 0.319. The third-order valence-corrected chi connectivity index (χ3v) is 5.53. The normalized spacial score (nSPS) is 11.1. The van der Waals surface area contributed by atoms with Gasteiger partial charge in [-0.25, -0.2) is 0 Å². The Kier molecular flexibility index (Phi) is 11.9. The van der Waals surface area contributed by atoms with Crippen molar-refractivity contribution in [2.45, 2.75) is 69.6 Å². The SMILES string of the molecule is CCCCCCCCCCc1ccc(Oc2cccc(S(=O)(=O)O)c2)cc1[O-].[Na+]. The molecule has 0 fully saturated rings. The molecule has 0 aliphatic rings. The Hall–Kier alpha value is -1.05. The molecule has 0 atom stereocenters. The van der Waals surface area contributed by atoms with Crippen LogP contribution in [0.4, 0.5) is 0 Å². The van der Waals surface area contributed by atoms with Gasteiger partial charge in [-0.3, -0.25) is 4.55 Å². The smallest absolute Gasteiger partial charge is 0.872 e. The van der Waals surface area contributed by atoms with Crippen LogP contribution in [0.3, 0.4) is 0 Å². The van der Waals surface area contributed by atoms with Crippen molar-refractivity contribution < 1.29 is 52.4 Å². The third-order valence-electron chi connectivity index (χ3n) is 4.68. The summed E-state index contributed by atoms with van der Waals surface area (Å²) in [6.07, 6.45) is 10.5. The van der Waals surface area contributed by atoms with Crippen LogP contribution >= 0.6 is 0 Å². The van der Waals surface area contributed by atoms with E-state index in [2.05, 4.69) is 6.92 Å². The number of ether oxygens (including phenoxy) is 1. The molecule has 0 spiro atoms. The van der Waals surface area contributed by atoms with Gasteiger partial charge >= 0.3 is 29.6 Å². The van der Waals surface area contributed by atoms with E-state index in [9.17, 15) is 13.5 Å². The molecule has 5 nitrogen and oxygen atoms in total. The predicted octanol–water partition coefficient (Wildman–Crippen LogP) is 2.49. The Labute approximate surface area is 196 Å². The number of rotatable bonds is 12. The molecule has 0 aliphatic carbocycles. The molecule has 1 N–H and O–H groups in total. The first-order chi connectivity index (χ1) is 13.4. The summed E-state index contributed by atoms with van der Waals surface area (Å²) in [7, 11) is -4.30. The molecule has 0 heterocycles. The van der Waals surface area contributed by atoms with E-state index in [0.29, 0.717) is 5.75 Å². The molecule has 2 aromatic rings. The monoisotopic (exact) mass is 428 g/mol. The van der Waals surface area contributed by atoms with E-state index in [1.165, 1.54) is 62.8 Å². The van der Waals surface area contributed by atoms with Gasteiger partial charge in [0.2, 0.25) is 0 Å². The summed E-state index contributed by atoms with van der Waals surface area (Å²) >= 11 is 0. The molecule has 0 amide bonds. The van der Waals surface area contributed by atoms with Crippen molar-refractivity contribution in [2.24, 2.45) is 0 Å². The predicted molar refractivity (Wildman–Crippen MR) is 109 cm³/mol. The average Bonchev–Trinajstić information content (AvgIpc) is 2.65. The first-order valence-electron chi connectivity index (χ1n) is 9.95. The summed E-state index contributed by atoms with van der Waals surface area (Å²) in [5.74, 6) is 0.508. The van der Waals surface area contributed by atoms with Crippen LogP contribution in [-0.2, 0) is 16.5 Å². The van der Waals surface area contributed by atoms with Crippen LogP contribution in [0, 0.1) is 0 Å². The Morgan fingerprint density at radius 3 is 2.14 bits per heavy atom. The number of unbranched alkanes of at least 4 members (excludes halogenated alkanes) is 7. The molecule has 154 valence electrons. The van der Waals surface area contributed by atoms with E-state index in [4.69, 9.17) is 9.29 Å². The third kappa shape index (κ3) is 9.53. The first kappa shape index (κ1) is 26.0. The fourth-order valence-corrected chi connectivity index (χ4v) is 3.60. The number of benzene rings is 2. The largest absolute Gasteiger partial charge is 1.00 e. The summed E-state index contributed by atoms with van der Waals surface area (Å²) in [5, 5.41) is 12.3. The van der Waals surface area contributed by atoms with Crippen molar-refractivity contribution in [2.75, 3.05) is 0 Å². The second-order valence-corrected chi connectivity index (χ2v) is 8.47. The van der Waals surface area contributed by atoms with Gasteiger partial charge in [0.05, 0.1) is 4.90 Å². The summed E-state index contributed by atoms with van der Waals surface area (Å²) in [4.78, 5) is -0.251. The van der Waals surface area contributed by atoms with Crippen LogP contribution in [0.5, 0.6) is 17.2 Å². The average molecular weight is 429 g/mol. The van der Waals surface area contributed by atoms with E-state index in [-0.39, 0.29) is 46.0 Å². The molecular formula is C22H29NaO5S. The van der Waals surface area contributed by atoms with Crippen LogP contribution < -0.4 is 39.4 Å². The minimum Gasteiger partial charge on any atom is -0.872 e. The van der Waals surface area contributed by atoms with Crippen LogP contribution in [0.1, 0.15) is 63.9 Å². The molecule has 2 aromatic carbocycles. The second-order valence-electron chi connectivity index (χ2n) is 7.05. The molecule has 7 heteroatoms. The van der Waals surface area contributed by atoms with Crippen LogP contribution in [0.25, 0.3) is 0 Å². The molecule has 0 saturated carbocycles. The standard InChI is InChI=1S/C22H30O5S.Na/c1-2-3-4-5-6-7-8-9-11-18-14-15-20(17-22(18)23)27-19-12-10-13-21(16-19)28(24,25)26;/h10,12-17,23H,2-9,11H2,1H3,(H,24,25,26);/q;+1/p-1. The Balaban J connectivity index is 0.00000420. The molecule has 0 saturated heterocycles. The van der Waals surface area contributed by atoms with Gasteiger partial charge in [0.1, 0.15) is 11.5 Å². The van der Waals surface area contributed by atoms with Crippen molar-refractivity contribution in [1.29, 1.82) is 0 Å². The van der Waals surface area contributed by atoms with E-state index in [1.54, 1.807) is 18.2 Å². The van der Waals surface area contributed by atoms with Gasteiger partial charge in [-0.1, -0.05) is 69.6 Å². The molecule has 0 radical (unpaired) electrons. The number of aryl methyl sites for hydroxylation is 1. The van der Waals surface area contributed by atoms with Crippen molar-refractivity contribution in [3.05, 3.63) is 48.0 Å². The fraction of sp³-hybridized carbons (Fsp3) is 0.455. The van der Waals surface area contributed by atoms with Gasteiger partial charge in [0.25, 0.3) is 10.1 Å². The maximum absolute atomic E-state index is 12.3. The van der Waals surface area contributed by atoms with Crippen LogP contribution in [-0.4, -0.2) is 13.0 Å². The molecular weight excluding hydrogens is 399 g/mol. The van der Waals surface area contributed by atoms with E-state index < -0.39 is 10.1 Å². The molecule has 0 unspecified atom stereocenters. The summed E-state index contributed by atoms with van der Waals surface area (Å²) in [5.41, 5.74) is 0.769. The molecule has 0 aliphatic heterocycles. The fourth-order valence-electron chi connectivity index (χ4n) is 3.09. The van der Waals surface area contributed by atoms with Gasteiger partial charge in [-0.2, -0.15) is 8.42 Å². The van der Waals surface area contributed by atoms with Crippen molar-refractivity contribution in [3.63, 3.8) is 0 Å². The minimum absolute atomic E-state index is 0. The zero-order valence-corrected chi connectivity index (χ0v) is 20.2. The van der Waals surface area contributed by atoms with Crippen LogP contribution in [0.2, 0.25) is 0 Å². The van der Waals surface area contributed by atoms with Crippen molar-refractivity contribution in [1.82, 2.24) is 0 Å². The van der Waals surface area contributed by atoms with E-state index in [0.717, 1.165) is 24.8 Å². The van der Waals surface area contributed by atoms with Gasteiger partial charge in [0, 0.05) is 6.07 Å². The van der Waals surface area contributed by atoms with Gasteiger partial charge in [-0.15, -0.1) is 5.75 Å². The topological polar surface area (TPSA) is 86.7 Å². The summed E-state index contributed by atoms with van der Waals surface area (Å²) < 4.78 is 37.1. The first-order valence-corrected chi connectivity index (χ1v) is 11.4. The Morgan fingerprint density at radius 2 is 1.52 bits per heavy atom.